The first kappa shape index (κ1) is 17.2. The summed E-state index contributed by atoms with van der Waals surface area (Å²) in [6.07, 6.45) is 2.77. The van der Waals surface area contributed by atoms with Crippen LogP contribution in [0.25, 0.3) is 0 Å². The molecule has 1 aliphatic rings. The van der Waals surface area contributed by atoms with E-state index in [-0.39, 0.29) is 0 Å². The second kappa shape index (κ2) is 7.53. The van der Waals surface area contributed by atoms with Crippen molar-refractivity contribution in [1.29, 1.82) is 0 Å². The summed E-state index contributed by atoms with van der Waals surface area (Å²) in [5, 5.41) is 9.00. The van der Waals surface area contributed by atoms with Crippen LogP contribution in [0.1, 0.15) is 34.0 Å². The number of carbonyl (C=O) groups is 1. The smallest absolute Gasteiger partial charge is 0.335 e. The molecule has 0 unspecified atom stereocenters. The minimum Gasteiger partial charge on any atom is -0.493 e. The van der Waals surface area contributed by atoms with E-state index >= 15 is 0 Å². The molecule has 25 heavy (non-hydrogen) atoms. The van der Waals surface area contributed by atoms with Crippen LogP contribution in [-0.2, 0) is 6.54 Å². The number of methoxy groups -OCH3 is 2. The molecule has 6 nitrogen and oxygen atoms in total. The highest BCUT2D eigenvalue weighted by molar-refractivity contribution is 5.87. The second-order valence-electron chi connectivity index (χ2n) is 6.14. The van der Waals surface area contributed by atoms with Crippen LogP contribution in [0.3, 0.4) is 0 Å². The standard InChI is InChI=1S/C19H22N2O4/c1-24-17-7-9-20-16(18(17)25-2)12-21-10-8-15(11-21)13-3-5-14(6-4-13)19(22)23/h3-7,9,15H,8,10-12H2,1-2H3,(H,22,23)/t15-/m0/s1. The van der Waals surface area contributed by atoms with Crippen LogP contribution in [0.15, 0.2) is 36.5 Å². The third-order valence-corrected chi connectivity index (χ3v) is 4.64. The molecule has 132 valence electrons. The quantitative estimate of drug-likeness (QED) is 0.870. The molecular formula is C19H22N2O4. The third kappa shape index (κ3) is 3.74. The van der Waals surface area contributed by atoms with Crippen molar-refractivity contribution in [2.45, 2.75) is 18.9 Å². The molecule has 1 atom stereocenters. The summed E-state index contributed by atoms with van der Waals surface area (Å²) < 4.78 is 10.8. The van der Waals surface area contributed by atoms with Crippen LogP contribution in [-0.4, -0.2) is 48.3 Å². The molecule has 1 aromatic heterocycles. The number of rotatable bonds is 6. The third-order valence-electron chi connectivity index (χ3n) is 4.64. The number of aromatic nitrogens is 1. The first-order valence-electron chi connectivity index (χ1n) is 8.24. The minimum absolute atomic E-state index is 0.323. The number of benzene rings is 1. The molecule has 3 rings (SSSR count). The number of hydrogen-bond acceptors (Lipinski definition) is 5. The number of ether oxygens (including phenoxy) is 2. The maximum absolute atomic E-state index is 11.0. The molecule has 2 heterocycles. The maximum Gasteiger partial charge on any atom is 0.335 e. The number of hydrogen-bond donors (Lipinski definition) is 1. The van der Waals surface area contributed by atoms with Crippen LogP contribution < -0.4 is 9.47 Å². The fourth-order valence-electron chi connectivity index (χ4n) is 3.32. The van der Waals surface area contributed by atoms with E-state index in [4.69, 9.17) is 14.6 Å². The number of aromatic carboxylic acids is 1. The van der Waals surface area contributed by atoms with E-state index in [2.05, 4.69) is 9.88 Å². The summed E-state index contributed by atoms with van der Waals surface area (Å²) in [5.41, 5.74) is 2.37. The van der Waals surface area contributed by atoms with Gasteiger partial charge in [-0.3, -0.25) is 9.88 Å². The molecule has 0 spiro atoms. The first-order valence-corrected chi connectivity index (χ1v) is 8.24. The minimum atomic E-state index is -0.893. The second-order valence-corrected chi connectivity index (χ2v) is 6.14. The van der Waals surface area contributed by atoms with E-state index in [1.165, 1.54) is 5.56 Å². The van der Waals surface area contributed by atoms with Crippen LogP contribution in [0.2, 0.25) is 0 Å². The number of carboxylic acid groups (broad SMARTS) is 1. The van der Waals surface area contributed by atoms with Crippen LogP contribution in [0.5, 0.6) is 11.5 Å². The number of likely N-dealkylation sites (tertiary alicyclic amines) is 1. The lowest BCUT2D eigenvalue weighted by Crippen LogP contribution is -2.21. The Kier molecular flexibility index (Phi) is 5.19. The van der Waals surface area contributed by atoms with E-state index in [0.29, 0.717) is 29.5 Å². The van der Waals surface area contributed by atoms with Gasteiger partial charge in [-0.05, 0) is 36.6 Å². The lowest BCUT2D eigenvalue weighted by Gasteiger charge is -2.18. The van der Waals surface area contributed by atoms with Gasteiger partial charge in [-0.1, -0.05) is 12.1 Å². The highest BCUT2D eigenvalue weighted by Gasteiger charge is 2.25. The average Bonchev–Trinajstić information content (AvgIpc) is 3.10. The maximum atomic E-state index is 11.0. The number of nitrogens with zero attached hydrogens (tertiary/aromatic N) is 2. The number of pyridine rings is 1. The molecule has 0 radical (unpaired) electrons. The number of carboxylic acids is 1. The van der Waals surface area contributed by atoms with E-state index in [0.717, 1.165) is 25.2 Å². The van der Waals surface area contributed by atoms with Crippen molar-refractivity contribution in [3.8, 4) is 11.5 Å². The van der Waals surface area contributed by atoms with Crippen LogP contribution in [0, 0.1) is 0 Å². The van der Waals surface area contributed by atoms with Gasteiger partial charge in [-0.25, -0.2) is 4.79 Å². The lowest BCUT2D eigenvalue weighted by molar-refractivity contribution is 0.0697. The summed E-state index contributed by atoms with van der Waals surface area (Å²) in [5.74, 6) is 0.877. The Bertz CT molecular complexity index is 746. The molecule has 2 aromatic rings. The molecule has 0 amide bonds. The van der Waals surface area contributed by atoms with Crippen LogP contribution >= 0.6 is 0 Å². The highest BCUT2D eigenvalue weighted by Crippen LogP contribution is 2.33. The molecular weight excluding hydrogens is 320 g/mol. The van der Waals surface area contributed by atoms with Gasteiger partial charge in [0.15, 0.2) is 11.5 Å². The summed E-state index contributed by atoms with van der Waals surface area (Å²) >= 11 is 0. The molecule has 0 aliphatic carbocycles. The normalized spacial score (nSPS) is 17.4. The van der Waals surface area contributed by atoms with Crippen molar-refractivity contribution in [2.24, 2.45) is 0 Å². The fourth-order valence-corrected chi connectivity index (χ4v) is 3.32. The molecule has 1 N–H and O–H groups in total. The van der Waals surface area contributed by atoms with E-state index in [1.54, 1.807) is 38.6 Å². The Balaban J connectivity index is 1.68. The van der Waals surface area contributed by atoms with Crippen molar-refractivity contribution in [3.05, 3.63) is 53.3 Å². The predicted molar refractivity (Wildman–Crippen MR) is 93.4 cm³/mol. The van der Waals surface area contributed by atoms with Crippen LogP contribution in [0.4, 0.5) is 0 Å². The summed E-state index contributed by atoms with van der Waals surface area (Å²) in [7, 11) is 3.24. The molecule has 1 aliphatic heterocycles. The Hall–Kier alpha value is -2.60. The van der Waals surface area contributed by atoms with Crippen molar-refractivity contribution in [1.82, 2.24) is 9.88 Å². The zero-order valence-electron chi connectivity index (χ0n) is 14.4. The average molecular weight is 342 g/mol. The zero-order valence-corrected chi connectivity index (χ0v) is 14.4. The Morgan fingerprint density at radius 2 is 2.00 bits per heavy atom. The van der Waals surface area contributed by atoms with Crippen molar-refractivity contribution < 1.29 is 19.4 Å². The summed E-state index contributed by atoms with van der Waals surface area (Å²) in [6, 6.07) is 8.98. The summed E-state index contributed by atoms with van der Waals surface area (Å²) in [6.45, 7) is 2.58. The van der Waals surface area contributed by atoms with E-state index in [9.17, 15) is 4.79 Å². The molecule has 6 heteroatoms. The van der Waals surface area contributed by atoms with E-state index < -0.39 is 5.97 Å². The fraction of sp³-hybridized carbons (Fsp3) is 0.368. The molecule has 0 saturated carbocycles. The Morgan fingerprint density at radius 3 is 2.64 bits per heavy atom. The van der Waals surface area contributed by atoms with Gasteiger partial charge in [0.25, 0.3) is 0 Å². The topological polar surface area (TPSA) is 71.9 Å². The molecule has 1 fully saturated rings. The zero-order chi connectivity index (χ0) is 17.8. The Morgan fingerprint density at radius 1 is 1.24 bits per heavy atom. The van der Waals surface area contributed by atoms with Gasteiger partial charge >= 0.3 is 5.97 Å². The van der Waals surface area contributed by atoms with Gasteiger partial charge in [0.05, 0.1) is 19.8 Å². The highest BCUT2D eigenvalue weighted by atomic mass is 16.5. The molecule has 1 aromatic carbocycles. The SMILES string of the molecule is COc1ccnc(CN2CC[C@H](c3ccc(C(=O)O)cc3)C2)c1OC. The van der Waals surface area contributed by atoms with Gasteiger partial charge in [0.1, 0.15) is 5.69 Å². The van der Waals surface area contributed by atoms with Gasteiger partial charge in [0.2, 0.25) is 0 Å². The largest absolute Gasteiger partial charge is 0.493 e. The van der Waals surface area contributed by atoms with Gasteiger partial charge in [-0.15, -0.1) is 0 Å². The Labute approximate surface area is 147 Å². The van der Waals surface area contributed by atoms with Crippen molar-refractivity contribution >= 4 is 5.97 Å². The molecule has 0 bridgehead atoms. The predicted octanol–water partition coefficient (Wildman–Crippen LogP) is 2.79. The molecule has 1 saturated heterocycles. The summed E-state index contributed by atoms with van der Waals surface area (Å²) in [4.78, 5) is 17.7. The van der Waals surface area contributed by atoms with Gasteiger partial charge < -0.3 is 14.6 Å². The first-order chi connectivity index (χ1) is 12.1. The van der Waals surface area contributed by atoms with Gasteiger partial charge in [-0.2, -0.15) is 0 Å². The lowest BCUT2D eigenvalue weighted by atomic mass is 9.97. The van der Waals surface area contributed by atoms with Crippen molar-refractivity contribution in [2.75, 3.05) is 27.3 Å². The van der Waals surface area contributed by atoms with E-state index in [1.807, 2.05) is 12.1 Å². The van der Waals surface area contributed by atoms with Gasteiger partial charge in [0, 0.05) is 25.4 Å². The van der Waals surface area contributed by atoms with Crippen molar-refractivity contribution in [3.63, 3.8) is 0 Å². The monoisotopic (exact) mass is 342 g/mol.